The van der Waals surface area contributed by atoms with E-state index in [4.69, 9.17) is 19.9 Å². The van der Waals surface area contributed by atoms with Crippen LogP contribution in [0, 0.1) is 0 Å². The van der Waals surface area contributed by atoms with Crippen molar-refractivity contribution in [3.63, 3.8) is 0 Å². The lowest BCUT2D eigenvalue weighted by Gasteiger charge is -2.10. The second-order valence-corrected chi connectivity index (χ2v) is 8.71. The Hall–Kier alpha value is -5.43. The number of hydrogen-bond donors (Lipinski definition) is 0. The molecule has 7 nitrogen and oxygen atoms in total. The third-order valence-electron chi connectivity index (χ3n) is 6.25. The predicted octanol–water partition coefficient (Wildman–Crippen LogP) is 6.43. The van der Waals surface area contributed by atoms with E-state index in [1.54, 1.807) is 18.6 Å². The van der Waals surface area contributed by atoms with E-state index in [-0.39, 0.29) is 0 Å². The highest BCUT2D eigenvalue weighted by Gasteiger charge is 2.14. The first kappa shape index (κ1) is 21.8. The van der Waals surface area contributed by atoms with Crippen molar-refractivity contribution >= 4 is 21.9 Å². The summed E-state index contributed by atoms with van der Waals surface area (Å²) in [5, 5.41) is 0.932. The summed E-state index contributed by atoms with van der Waals surface area (Å²) in [5.74, 6) is 0.564. The van der Waals surface area contributed by atoms with Crippen molar-refractivity contribution in [3.8, 4) is 45.6 Å². The minimum atomic E-state index is 0.564. The lowest BCUT2D eigenvalue weighted by Crippen LogP contribution is -1.98. The summed E-state index contributed by atoms with van der Waals surface area (Å²) in [4.78, 5) is 32.9. The van der Waals surface area contributed by atoms with Gasteiger partial charge in [0.1, 0.15) is 17.1 Å². The van der Waals surface area contributed by atoms with Gasteiger partial charge in [-0.1, -0.05) is 42.5 Å². The van der Waals surface area contributed by atoms with Crippen molar-refractivity contribution in [2.45, 2.75) is 0 Å². The van der Waals surface area contributed by atoms with E-state index in [1.165, 1.54) is 0 Å². The Morgan fingerprint density at radius 1 is 0.421 bits per heavy atom. The first-order chi connectivity index (χ1) is 18.8. The maximum absolute atomic E-state index is 5.01. The van der Waals surface area contributed by atoms with Crippen LogP contribution in [0.3, 0.4) is 0 Å². The summed E-state index contributed by atoms with van der Waals surface area (Å²) in [6.07, 6.45) is 5.25. The molecule has 0 aliphatic carbocycles. The van der Waals surface area contributed by atoms with Crippen LogP contribution in [-0.2, 0) is 0 Å². The molecule has 0 atom stereocenters. The van der Waals surface area contributed by atoms with Gasteiger partial charge in [-0.15, -0.1) is 0 Å². The Kier molecular flexibility index (Phi) is 5.29. The number of benzene rings is 2. The predicted molar refractivity (Wildman–Crippen MR) is 148 cm³/mol. The van der Waals surface area contributed by atoms with Crippen molar-refractivity contribution in [1.82, 2.24) is 34.9 Å². The van der Waals surface area contributed by atoms with Gasteiger partial charge in [0, 0.05) is 23.3 Å². The molecule has 178 valence electrons. The summed E-state index contributed by atoms with van der Waals surface area (Å²) in [5.41, 5.74) is 7.93. The maximum Gasteiger partial charge on any atom is 0.179 e. The summed E-state index contributed by atoms with van der Waals surface area (Å²) >= 11 is 0. The molecule has 7 heteroatoms. The average molecular weight is 490 g/mol. The number of pyridine rings is 3. The summed E-state index contributed by atoms with van der Waals surface area (Å²) in [6, 6.07) is 31.4. The Balaban J connectivity index is 1.34. The first-order valence-electron chi connectivity index (χ1n) is 12.2. The van der Waals surface area contributed by atoms with Crippen LogP contribution in [0.2, 0.25) is 0 Å². The van der Waals surface area contributed by atoms with E-state index in [2.05, 4.69) is 15.0 Å². The van der Waals surface area contributed by atoms with Gasteiger partial charge < -0.3 is 0 Å². The second-order valence-electron chi connectivity index (χ2n) is 8.71. The number of rotatable bonds is 4. The molecular formula is C31H19N7. The molecule has 0 amide bonds. The molecule has 0 aliphatic heterocycles. The molecule has 0 N–H and O–H groups in total. The third kappa shape index (κ3) is 4.02. The van der Waals surface area contributed by atoms with Crippen LogP contribution in [0.4, 0.5) is 0 Å². The second kappa shape index (κ2) is 9.22. The van der Waals surface area contributed by atoms with Gasteiger partial charge in [-0.2, -0.15) is 0 Å². The lowest BCUT2D eigenvalue weighted by atomic mass is 10.1. The van der Waals surface area contributed by atoms with Crippen LogP contribution in [-0.4, -0.2) is 34.9 Å². The van der Waals surface area contributed by atoms with E-state index in [0.29, 0.717) is 11.5 Å². The van der Waals surface area contributed by atoms with Crippen molar-refractivity contribution in [3.05, 3.63) is 116 Å². The van der Waals surface area contributed by atoms with E-state index in [9.17, 15) is 0 Å². The van der Waals surface area contributed by atoms with Gasteiger partial charge in [0.05, 0.1) is 39.8 Å². The Morgan fingerprint density at radius 2 is 1.18 bits per heavy atom. The van der Waals surface area contributed by atoms with Crippen LogP contribution in [0.15, 0.2) is 116 Å². The zero-order valence-electron chi connectivity index (χ0n) is 20.1. The Labute approximate surface area is 218 Å². The molecule has 2 aromatic carbocycles. The molecular weight excluding hydrogens is 470 g/mol. The molecule has 5 heterocycles. The van der Waals surface area contributed by atoms with Crippen molar-refractivity contribution < 1.29 is 0 Å². The van der Waals surface area contributed by atoms with Gasteiger partial charge >= 0.3 is 0 Å². The normalized spacial score (nSPS) is 11.2. The lowest BCUT2D eigenvalue weighted by molar-refractivity contribution is 1.16. The molecule has 38 heavy (non-hydrogen) atoms. The summed E-state index contributed by atoms with van der Waals surface area (Å²) in [6.45, 7) is 0. The number of para-hydroxylation sites is 1. The quantitative estimate of drug-likeness (QED) is 0.281. The molecule has 7 aromatic rings. The van der Waals surface area contributed by atoms with Gasteiger partial charge in [0.25, 0.3) is 0 Å². The van der Waals surface area contributed by atoms with Gasteiger partial charge in [-0.05, 0) is 54.6 Å². The molecule has 0 aliphatic rings. The topological polar surface area (TPSA) is 90.2 Å². The zero-order chi connectivity index (χ0) is 25.3. The largest absolute Gasteiger partial charge is 0.255 e. The minimum Gasteiger partial charge on any atom is -0.255 e. The van der Waals surface area contributed by atoms with Gasteiger partial charge in [0.15, 0.2) is 5.82 Å². The number of aromatic nitrogens is 7. The fourth-order valence-corrected chi connectivity index (χ4v) is 4.42. The molecule has 0 fully saturated rings. The smallest absolute Gasteiger partial charge is 0.179 e. The Morgan fingerprint density at radius 3 is 2.03 bits per heavy atom. The van der Waals surface area contributed by atoms with Crippen molar-refractivity contribution in [2.75, 3.05) is 0 Å². The molecule has 0 spiro atoms. The number of nitrogens with zero attached hydrogens (tertiary/aromatic N) is 7. The van der Waals surface area contributed by atoms with Gasteiger partial charge in [-0.25, -0.2) is 19.9 Å². The van der Waals surface area contributed by atoms with Gasteiger partial charge in [-0.3, -0.25) is 15.0 Å². The van der Waals surface area contributed by atoms with Crippen molar-refractivity contribution in [1.29, 1.82) is 0 Å². The Bertz CT molecular complexity index is 1920. The molecule has 5 aromatic heterocycles. The fraction of sp³-hybridized carbons (Fsp3) is 0. The highest BCUT2D eigenvalue weighted by atomic mass is 14.9. The highest BCUT2D eigenvalue weighted by molar-refractivity contribution is 5.93. The number of hydrogen-bond acceptors (Lipinski definition) is 7. The van der Waals surface area contributed by atoms with Crippen LogP contribution in [0.5, 0.6) is 0 Å². The molecule has 7 rings (SSSR count). The monoisotopic (exact) mass is 489 g/mol. The SMILES string of the molecule is c1ccc(-c2cnc3ccc(-c4cccc(-c5nc(-c6ccccn6)nc6ccccc56)n4)cc3n2)nc1. The average Bonchev–Trinajstić information content (AvgIpc) is 3.01. The van der Waals surface area contributed by atoms with Crippen LogP contribution < -0.4 is 0 Å². The van der Waals surface area contributed by atoms with Crippen LogP contribution >= 0.6 is 0 Å². The summed E-state index contributed by atoms with van der Waals surface area (Å²) < 4.78 is 0. The fourth-order valence-electron chi connectivity index (χ4n) is 4.42. The maximum atomic E-state index is 5.01. The molecule has 0 radical (unpaired) electrons. The zero-order valence-corrected chi connectivity index (χ0v) is 20.1. The third-order valence-corrected chi connectivity index (χ3v) is 6.25. The molecule has 0 saturated heterocycles. The van der Waals surface area contributed by atoms with Gasteiger partial charge in [0.2, 0.25) is 0 Å². The van der Waals surface area contributed by atoms with Crippen LogP contribution in [0.1, 0.15) is 0 Å². The highest BCUT2D eigenvalue weighted by Crippen LogP contribution is 2.30. The molecule has 0 bridgehead atoms. The van der Waals surface area contributed by atoms with Crippen molar-refractivity contribution in [2.24, 2.45) is 0 Å². The van der Waals surface area contributed by atoms with E-state index < -0.39 is 0 Å². The first-order valence-corrected chi connectivity index (χ1v) is 12.2. The standard InChI is InChI=1S/C31H19N7/c1-2-9-23-21(8-1)30(38-31(37-23)27-11-4-6-17-33-27)26-13-7-12-22(35-26)20-14-15-25-28(18-20)36-29(19-34-25)24-10-3-5-16-32-24/h1-19H. The molecule has 0 unspecified atom stereocenters. The molecule has 0 saturated carbocycles. The van der Waals surface area contributed by atoms with E-state index in [1.807, 2.05) is 97.1 Å². The number of fused-ring (bicyclic) bond motifs is 2. The van der Waals surface area contributed by atoms with E-state index >= 15 is 0 Å². The van der Waals surface area contributed by atoms with E-state index in [0.717, 1.165) is 56.0 Å². The minimum absolute atomic E-state index is 0.564. The summed E-state index contributed by atoms with van der Waals surface area (Å²) in [7, 11) is 0. The van der Waals surface area contributed by atoms with Crippen LogP contribution in [0.25, 0.3) is 67.5 Å².